The zero-order valence-electron chi connectivity index (χ0n) is 13.7. The van der Waals surface area contributed by atoms with E-state index in [1.807, 2.05) is 0 Å². The van der Waals surface area contributed by atoms with Crippen molar-refractivity contribution in [1.29, 1.82) is 0 Å². The van der Waals surface area contributed by atoms with Gasteiger partial charge in [0, 0.05) is 26.2 Å². The van der Waals surface area contributed by atoms with Crippen LogP contribution in [0.15, 0.2) is 4.99 Å². The molecule has 4 nitrogen and oxygen atoms in total. The normalized spacial score (nSPS) is 11.9. The monoisotopic (exact) mass is 399 g/mol. The third kappa shape index (κ3) is 9.00. The highest BCUT2D eigenvalue weighted by atomic mass is 127. The van der Waals surface area contributed by atoms with Crippen LogP contribution >= 0.6 is 24.0 Å². The van der Waals surface area contributed by atoms with Crippen LogP contribution in [0.3, 0.4) is 0 Å². The molecule has 0 spiro atoms. The number of rotatable bonds is 10. The predicted octanol–water partition coefficient (Wildman–Crippen LogP) is 3.15. The van der Waals surface area contributed by atoms with Crippen molar-refractivity contribution >= 4 is 29.9 Å². The second-order valence-corrected chi connectivity index (χ2v) is 5.16. The van der Waals surface area contributed by atoms with E-state index >= 15 is 0 Å². The maximum absolute atomic E-state index is 9.23. The highest BCUT2D eigenvalue weighted by Gasteiger charge is 2.25. The number of hydrogen-bond acceptors (Lipinski definition) is 2. The van der Waals surface area contributed by atoms with Crippen molar-refractivity contribution in [2.45, 2.75) is 59.8 Å². The predicted molar refractivity (Wildman–Crippen MR) is 99.0 cm³/mol. The summed E-state index contributed by atoms with van der Waals surface area (Å²) in [5, 5.41) is 15.9. The van der Waals surface area contributed by atoms with E-state index < -0.39 is 0 Å². The minimum absolute atomic E-state index is 0. The number of hydrogen-bond donors (Lipinski definition) is 3. The van der Waals surface area contributed by atoms with Crippen molar-refractivity contribution in [2.24, 2.45) is 10.4 Å². The zero-order valence-corrected chi connectivity index (χ0v) is 16.0. The van der Waals surface area contributed by atoms with Gasteiger partial charge in [-0.25, -0.2) is 0 Å². The Bertz CT molecular complexity index is 243. The van der Waals surface area contributed by atoms with E-state index in [9.17, 15) is 5.11 Å². The summed E-state index contributed by atoms with van der Waals surface area (Å²) in [6.07, 6.45) is 5.29. The van der Waals surface area contributed by atoms with Crippen LogP contribution in [-0.2, 0) is 0 Å². The second-order valence-electron chi connectivity index (χ2n) is 5.16. The number of nitrogens with zero attached hydrogens (tertiary/aromatic N) is 1. The molecule has 0 aromatic carbocycles. The van der Waals surface area contributed by atoms with E-state index in [2.05, 4.69) is 38.3 Å². The lowest BCUT2D eigenvalue weighted by Gasteiger charge is -2.29. The van der Waals surface area contributed by atoms with E-state index in [1.54, 1.807) is 0 Å². The molecule has 0 amide bonds. The smallest absolute Gasteiger partial charge is 0.191 e. The highest BCUT2D eigenvalue weighted by molar-refractivity contribution is 14.0. The summed E-state index contributed by atoms with van der Waals surface area (Å²) in [7, 11) is 0. The molecule has 0 aliphatic rings. The van der Waals surface area contributed by atoms with Crippen LogP contribution in [0.5, 0.6) is 0 Å². The lowest BCUT2D eigenvalue weighted by molar-refractivity contribution is 0.175. The molecule has 0 bridgehead atoms. The molecule has 0 heterocycles. The first-order chi connectivity index (χ1) is 9.17. The first-order valence-electron chi connectivity index (χ1n) is 7.81. The minimum atomic E-state index is 0. The van der Waals surface area contributed by atoms with Crippen molar-refractivity contribution < 1.29 is 5.11 Å². The van der Waals surface area contributed by atoms with Crippen molar-refractivity contribution in [3.63, 3.8) is 0 Å². The van der Waals surface area contributed by atoms with Crippen molar-refractivity contribution in [3.8, 4) is 0 Å². The number of aliphatic hydroxyl groups excluding tert-OH is 1. The Morgan fingerprint density at radius 3 is 2.20 bits per heavy atom. The van der Waals surface area contributed by atoms with Gasteiger partial charge in [-0.05, 0) is 38.0 Å². The molecule has 3 N–H and O–H groups in total. The van der Waals surface area contributed by atoms with Crippen LogP contribution in [0.25, 0.3) is 0 Å². The molecule has 0 rings (SSSR count). The van der Waals surface area contributed by atoms with Crippen LogP contribution < -0.4 is 10.6 Å². The number of guanidine groups is 1. The van der Waals surface area contributed by atoms with Gasteiger partial charge in [0.2, 0.25) is 0 Å². The van der Waals surface area contributed by atoms with Gasteiger partial charge in [0.05, 0.1) is 0 Å². The van der Waals surface area contributed by atoms with Gasteiger partial charge in [0.1, 0.15) is 0 Å². The fourth-order valence-corrected chi connectivity index (χ4v) is 2.12. The molecule has 0 fully saturated rings. The maximum Gasteiger partial charge on any atom is 0.191 e. The van der Waals surface area contributed by atoms with Crippen molar-refractivity contribution in [1.82, 2.24) is 10.6 Å². The van der Waals surface area contributed by atoms with Gasteiger partial charge in [0.25, 0.3) is 0 Å². The van der Waals surface area contributed by atoms with Crippen LogP contribution in [0.2, 0.25) is 0 Å². The molecule has 5 heteroatoms. The number of aliphatic imine (C=N–C) groups is 1. The van der Waals surface area contributed by atoms with Crippen LogP contribution in [0.1, 0.15) is 59.8 Å². The topological polar surface area (TPSA) is 56.7 Å². The lowest BCUT2D eigenvalue weighted by atomic mass is 9.79. The average Bonchev–Trinajstić information content (AvgIpc) is 2.43. The first kappa shape index (κ1) is 22.2. The third-order valence-corrected chi connectivity index (χ3v) is 3.88. The highest BCUT2D eigenvalue weighted by Crippen LogP contribution is 2.30. The Kier molecular flexibility index (Phi) is 15.5. The number of unbranched alkanes of at least 4 members (excludes halogenated alkanes) is 1. The molecule has 0 radical (unpaired) electrons. The largest absolute Gasteiger partial charge is 0.396 e. The fourth-order valence-electron chi connectivity index (χ4n) is 2.12. The molecule has 122 valence electrons. The Hall–Kier alpha value is -0.0400. The SMILES string of the molecule is CCCCNC(=NCC(CC)(CC)CCO)NCC.I. The second kappa shape index (κ2) is 13.9. The number of halogens is 1. The van der Waals surface area contributed by atoms with Crippen molar-refractivity contribution in [3.05, 3.63) is 0 Å². The van der Waals surface area contributed by atoms with E-state index in [0.29, 0.717) is 0 Å². The maximum atomic E-state index is 9.23. The summed E-state index contributed by atoms with van der Waals surface area (Å²) in [6, 6.07) is 0. The summed E-state index contributed by atoms with van der Waals surface area (Å²) in [5.41, 5.74) is 0.141. The van der Waals surface area contributed by atoms with Crippen LogP contribution in [0.4, 0.5) is 0 Å². The Balaban J connectivity index is 0. The Labute approximate surface area is 142 Å². The molecule has 0 aromatic rings. The van der Waals surface area contributed by atoms with Crippen LogP contribution in [-0.4, -0.2) is 37.3 Å². The molecule has 0 atom stereocenters. The van der Waals surface area contributed by atoms with E-state index in [1.165, 1.54) is 6.42 Å². The van der Waals surface area contributed by atoms with Gasteiger partial charge in [0.15, 0.2) is 5.96 Å². The Morgan fingerprint density at radius 1 is 1.10 bits per heavy atom. The molecule has 0 saturated carbocycles. The molecule has 0 unspecified atom stereocenters. The van der Waals surface area contributed by atoms with Gasteiger partial charge in [-0.15, -0.1) is 24.0 Å². The summed E-state index contributed by atoms with van der Waals surface area (Å²) in [6.45, 7) is 11.5. The molecule has 0 saturated heterocycles. The molecule has 0 aliphatic heterocycles. The molecular weight excluding hydrogens is 365 g/mol. The Morgan fingerprint density at radius 2 is 1.75 bits per heavy atom. The van der Waals surface area contributed by atoms with E-state index in [-0.39, 0.29) is 36.0 Å². The molecule has 0 aromatic heterocycles. The molecular formula is C15H34IN3O. The van der Waals surface area contributed by atoms with Gasteiger partial charge >= 0.3 is 0 Å². The number of nitrogens with one attached hydrogen (secondary N) is 2. The summed E-state index contributed by atoms with van der Waals surface area (Å²) in [4.78, 5) is 4.70. The van der Waals surface area contributed by atoms with E-state index in [0.717, 1.165) is 51.3 Å². The summed E-state index contributed by atoms with van der Waals surface area (Å²) < 4.78 is 0. The number of aliphatic hydroxyl groups is 1. The van der Waals surface area contributed by atoms with Crippen molar-refractivity contribution in [2.75, 3.05) is 26.2 Å². The minimum Gasteiger partial charge on any atom is -0.396 e. The van der Waals surface area contributed by atoms with Gasteiger partial charge in [-0.3, -0.25) is 4.99 Å². The zero-order chi connectivity index (χ0) is 14.6. The van der Waals surface area contributed by atoms with Gasteiger partial charge < -0.3 is 15.7 Å². The van der Waals surface area contributed by atoms with E-state index in [4.69, 9.17) is 4.99 Å². The molecule has 20 heavy (non-hydrogen) atoms. The van der Waals surface area contributed by atoms with Crippen LogP contribution in [0, 0.1) is 5.41 Å². The summed E-state index contributed by atoms with van der Waals surface area (Å²) >= 11 is 0. The van der Waals surface area contributed by atoms with Gasteiger partial charge in [-0.1, -0.05) is 27.2 Å². The van der Waals surface area contributed by atoms with Gasteiger partial charge in [-0.2, -0.15) is 0 Å². The standard InChI is InChI=1S/C15H33N3O.HI/c1-5-9-11-17-14(16-8-4)18-13-15(6-2,7-3)10-12-19;/h19H,5-13H2,1-4H3,(H2,16,17,18);1H. The molecule has 0 aliphatic carbocycles. The third-order valence-electron chi connectivity index (χ3n) is 3.88. The first-order valence-corrected chi connectivity index (χ1v) is 7.81. The summed E-state index contributed by atoms with van der Waals surface area (Å²) in [5.74, 6) is 0.903. The average molecular weight is 399 g/mol. The fraction of sp³-hybridized carbons (Fsp3) is 0.933. The quantitative estimate of drug-likeness (QED) is 0.229. The lowest BCUT2D eigenvalue weighted by Crippen LogP contribution is -2.39.